The molecular formula is C17H22ClN3OS. The van der Waals surface area contributed by atoms with Gasteiger partial charge in [-0.05, 0) is 38.3 Å². The summed E-state index contributed by atoms with van der Waals surface area (Å²) in [5.41, 5.74) is 8.78. The Morgan fingerprint density at radius 2 is 2.22 bits per heavy atom. The number of amides is 1. The average molecular weight is 352 g/mol. The summed E-state index contributed by atoms with van der Waals surface area (Å²) in [5.74, 6) is 0.121. The number of aryl methyl sites for hydroxylation is 1. The van der Waals surface area contributed by atoms with Crippen molar-refractivity contribution >= 4 is 35.3 Å². The highest BCUT2D eigenvalue weighted by Gasteiger charge is 2.25. The van der Waals surface area contributed by atoms with Crippen LogP contribution in [0.25, 0.3) is 11.3 Å². The number of carbonyl (C=O) groups excluding carboxylic acids is 1. The van der Waals surface area contributed by atoms with Crippen molar-refractivity contribution in [1.29, 1.82) is 0 Å². The molecule has 6 heteroatoms. The number of nitrogens with one attached hydrogen (secondary N) is 1. The molecule has 0 spiro atoms. The zero-order chi connectivity index (χ0) is 15.5. The lowest BCUT2D eigenvalue weighted by molar-refractivity contribution is -0.120. The minimum Gasteiger partial charge on any atom is -0.328 e. The number of benzene rings is 1. The standard InChI is InChI=1S/C17H21N3OS.ClH/c1-11-19-16(10-22-11)12-4-3-7-15(9-12)20-17(21)13-5-2-6-14(18)8-13;/h3-4,7,9-10,13-14H,2,5-6,8,18H2,1H3,(H,20,21);1H. The van der Waals surface area contributed by atoms with E-state index in [0.29, 0.717) is 0 Å². The first-order chi connectivity index (χ1) is 10.6. The second kappa shape index (κ2) is 7.90. The third kappa shape index (κ3) is 4.53. The first kappa shape index (κ1) is 17.9. The Morgan fingerprint density at radius 3 is 2.91 bits per heavy atom. The van der Waals surface area contributed by atoms with E-state index in [2.05, 4.69) is 10.3 Å². The minimum atomic E-state index is 0. The number of hydrogen-bond acceptors (Lipinski definition) is 4. The van der Waals surface area contributed by atoms with E-state index in [0.717, 1.165) is 47.6 Å². The topological polar surface area (TPSA) is 68.0 Å². The van der Waals surface area contributed by atoms with Crippen molar-refractivity contribution in [2.24, 2.45) is 11.7 Å². The summed E-state index contributed by atoms with van der Waals surface area (Å²) >= 11 is 1.63. The zero-order valence-electron chi connectivity index (χ0n) is 13.1. The van der Waals surface area contributed by atoms with Crippen LogP contribution in [-0.4, -0.2) is 16.9 Å². The van der Waals surface area contributed by atoms with Crippen LogP contribution in [0.2, 0.25) is 0 Å². The molecule has 1 amide bonds. The van der Waals surface area contributed by atoms with Gasteiger partial charge in [0.25, 0.3) is 0 Å². The maximum atomic E-state index is 12.4. The molecule has 2 unspecified atom stereocenters. The van der Waals surface area contributed by atoms with Crippen molar-refractivity contribution in [3.8, 4) is 11.3 Å². The van der Waals surface area contributed by atoms with E-state index in [1.54, 1.807) is 11.3 Å². The van der Waals surface area contributed by atoms with E-state index in [9.17, 15) is 4.79 Å². The molecule has 124 valence electrons. The first-order valence-corrected chi connectivity index (χ1v) is 8.59. The van der Waals surface area contributed by atoms with Crippen molar-refractivity contribution in [3.63, 3.8) is 0 Å². The van der Waals surface area contributed by atoms with Crippen LogP contribution < -0.4 is 11.1 Å². The molecule has 4 nitrogen and oxygen atoms in total. The molecule has 1 aliphatic rings. The maximum Gasteiger partial charge on any atom is 0.227 e. The second-order valence-corrected chi connectivity index (χ2v) is 7.01. The number of rotatable bonds is 3. The highest BCUT2D eigenvalue weighted by molar-refractivity contribution is 7.09. The molecule has 23 heavy (non-hydrogen) atoms. The molecule has 0 bridgehead atoms. The lowest BCUT2D eigenvalue weighted by atomic mass is 9.85. The maximum absolute atomic E-state index is 12.4. The molecule has 0 aliphatic heterocycles. The summed E-state index contributed by atoms with van der Waals surface area (Å²) in [6.45, 7) is 1.99. The van der Waals surface area contributed by atoms with Gasteiger partial charge in [-0.1, -0.05) is 18.6 Å². The molecule has 0 radical (unpaired) electrons. The van der Waals surface area contributed by atoms with Gasteiger partial charge in [-0.25, -0.2) is 4.98 Å². The van der Waals surface area contributed by atoms with Gasteiger partial charge in [0, 0.05) is 28.6 Å². The molecule has 2 aromatic rings. The average Bonchev–Trinajstić information content (AvgIpc) is 2.94. The van der Waals surface area contributed by atoms with Crippen molar-refractivity contribution in [2.45, 2.75) is 38.6 Å². The van der Waals surface area contributed by atoms with Gasteiger partial charge in [0.2, 0.25) is 5.91 Å². The normalized spacial score (nSPS) is 20.6. The van der Waals surface area contributed by atoms with Gasteiger partial charge in [0.05, 0.1) is 10.7 Å². The number of anilines is 1. The number of nitrogens with two attached hydrogens (primary N) is 1. The summed E-state index contributed by atoms with van der Waals surface area (Å²) in [6.07, 6.45) is 3.79. The van der Waals surface area contributed by atoms with E-state index in [4.69, 9.17) is 5.73 Å². The molecule has 1 saturated carbocycles. The van der Waals surface area contributed by atoms with Gasteiger partial charge in [0.15, 0.2) is 0 Å². The number of carbonyl (C=O) groups is 1. The molecule has 1 fully saturated rings. The number of halogens is 1. The van der Waals surface area contributed by atoms with Crippen molar-refractivity contribution in [1.82, 2.24) is 4.98 Å². The van der Waals surface area contributed by atoms with E-state index >= 15 is 0 Å². The van der Waals surface area contributed by atoms with Crippen LogP contribution in [0.5, 0.6) is 0 Å². The molecule has 3 rings (SSSR count). The van der Waals surface area contributed by atoms with Gasteiger partial charge in [-0.15, -0.1) is 23.7 Å². The fraction of sp³-hybridized carbons (Fsp3) is 0.412. The van der Waals surface area contributed by atoms with Crippen LogP contribution >= 0.6 is 23.7 Å². The molecule has 2 atom stereocenters. The fourth-order valence-electron chi connectivity index (χ4n) is 2.96. The van der Waals surface area contributed by atoms with E-state index in [1.807, 2.05) is 36.6 Å². The highest BCUT2D eigenvalue weighted by Crippen LogP contribution is 2.27. The summed E-state index contributed by atoms with van der Waals surface area (Å²) in [6, 6.07) is 8.03. The Bertz CT molecular complexity index is 673. The van der Waals surface area contributed by atoms with Gasteiger partial charge >= 0.3 is 0 Å². The largest absolute Gasteiger partial charge is 0.328 e. The summed E-state index contributed by atoms with van der Waals surface area (Å²) in [5, 5.41) is 6.11. The number of thiazole rings is 1. The van der Waals surface area contributed by atoms with Gasteiger partial charge in [-0.2, -0.15) is 0 Å². The Labute approximate surface area is 146 Å². The van der Waals surface area contributed by atoms with E-state index in [-0.39, 0.29) is 30.3 Å². The predicted octanol–water partition coefficient (Wildman–Crippen LogP) is 4.00. The monoisotopic (exact) mass is 351 g/mol. The number of aromatic nitrogens is 1. The van der Waals surface area contributed by atoms with Crippen LogP contribution in [0.1, 0.15) is 30.7 Å². The third-order valence-corrected chi connectivity index (χ3v) is 4.90. The molecule has 1 heterocycles. The van der Waals surface area contributed by atoms with Crippen molar-refractivity contribution in [2.75, 3.05) is 5.32 Å². The van der Waals surface area contributed by atoms with Crippen molar-refractivity contribution < 1.29 is 4.79 Å². The third-order valence-electron chi connectivity index (χ3n) is 4.13. The van der Waals surface area contributed by atoms with Crippen LogP contribution in [0.15, 0.2) is 29.6 Å². The summed E-state index contributed by atoms with van der Waals surface area (Å²) in [7, 11) is 0. The van der Waals surface area contributed by atoms with E-state index in [1.165, 1.54) is 0 Å². The fourth-order valence-corrected chi connectivity index (χ4v) is 3.58. The van der Waals surface area contributed by atoms with E-state index < -0.39 is 0 Å². The van der Waals surface area contributed by atoms with Gasteiger partial charge in [-0.3, -0.25) is 4.79 Å². The Morgan fingerprint density at radius 1 is 1.39 bits per heavy atom. The lowest BCUT2D eigenvalue weighted by Gasteiger charge is -2.25. The first-order valence-electron chi connectivity index (χ1n) is 7.71. The zero-order valence-corrected chi connectivity index (χ0v) is 14.8. The SMILES string of the molecule is Cc1nc(-c2cccc(NC(=O)C3CCCC(N)C3)c2)cs1.Cl. The summed E-state index contributed by atoms with van der Waals surface area (Å²) < 4.78 is 0. The lowest BCUT2D eigenvalue weighted by Crippen LogP contribution is -2.34. The molecule has 0 saturated heterocycles. The Balaban J connectivity index is 0.00000192. The minimum absolute atomic E-state index is 0. The Kier molecular flexibility index (Phi) is 6.16. The summed E-state index contributed by atoms with van der Waals surface area (Å²) in [4.78, 5) is 16.9. The van der Waals surface area contributed by atoms with Gasteiger partial charge in [0.1, 0.15) is 0 Å². The number of hydrogen-bond donors (Lipinski definition) is 2. The van der Waals surface area contributed by atoms with Gasteiger partial charge < -0.3 is 11.1 Å². The molecular weight excluding hydrogens is 330 g/mol. The smallest absolute Gasteiger partial charge is 0.227 e. The van der Waals surface area contributed by atoms with Crippen LogP contribution in [0, 0.1) is 12.8 Å². The quantitative estimate of drug-likeness (QED) is 0.878. The molecule has 1 aliphatic carbocycles. The number of nitrogens with zero attached hydrogens (tertiary/aromatic N) is 1. The molecule has 1 aromatic carbocycles. The highest BCUT2D eigenvalue weighted by atomic mass is 35.5. The molecule has 3 N–H and O–H groups in total. The van der Waals surface area contributed by atoms with Crippen LogP contribution in [-0.2, 0) is 4.79 Å². The van der Waals surface area contributed by atoms with Crippen LogP contribution in [0.4, 0.5) is 5.69 Å². The predicted molar refractivity (Wildman–Crippen MR) is 98.1 cm³/mol. The van der Waals surface area contributed by atoms with Crippen molar-refractivity contribution in [3.05, 3.63) is 34.7 Å². The molecule has 1 aromatic heterocycles. The second-order valence-electron chi connectivity index (χ2n) is 5.95. The Hall–Kier alpha value is -1.43. The van der Waals surface area contributed by atoms with Crippen LogP contribution in [0.3, 0.4) is 0 Å².